The van der Waals surface area contributed by atoms with Gasteiger partial charge in [-0.05, 0) is 30.9 Å². The number of carbonyl (C=O) groups is 1. The van der Waals surface area contributed by atoms with Gasteiger partial charge in [-0.15, -0.1) is 0 Å². The summed E-state index contributed by atoms with van der Waals surface area (Å²) >= 11 is 0. The van der Waals surface area contributed by atoms with Crippen LogP contribution in [0.25, 0.3) is 0 Å². The van der Waals surface area contributed by atoms with Crippen LogP contribution in [0.15, 0.2) is 18.2 Å². The predicted molar refractivity (Wildman–Crippen MR) is 70.3 cm³/mol. The Balaban J connectivity index is 2.22. The minimum absolute atomic E-state index is 0.0132. The summed E-state index contributed by atoms with van der Waals surface area (Å²) in [6.07, 6.45) is 1.79. The Morgan fingerprint density at radius 1 is 1.58 bits per heavy atom. The van der Waals surface area contributed by atoms with E-state index in [0.717, 1.165) is 18.9 Å². The molecule has 1 aromatic carbocycles. The monoisotopic (exact) mass is 266 g/mol. The fourth-order valence-electron chi connectivity index (χ4n) is 2.58. The SMILES string of the molecule is CC1CCN(C(=O)c2ccc(F)cc2O)C(CN)C1. The molecule has 0 bridgehead atoms. The summed E-state index contributed by atoms with van der Waals surface area (Å²) in [7, 11) is 0. The molecule has 1 aliphatic heterocycles. The van der Waals surface area contributed by atoms with Gasteiger partial charge in [-0.2, -0.15) is 0 Å². The maximum atomic E-state index is 12.9. The van der Waals surface area contributed by atoms with Gasteiger partial charge in [0.1, 0.15) is 11.6 Å². The molecule has 0 radical (unpaired) electrons. The average Bonchev–Trinajstić information content (AvgIpc) is 2.37. The zero-order valence-electron chi connectivity index (χ0n) is 11.0. The minimum Gasteiger partial charge on any atom is -0.507 e. The van der Waals surface area contributed by atoms with Crippen LogP contribution in [0.3, 0.4) is 0 Å². The van der Waals surface area contributed by atoms with Crippen molar-refractivity contribution in [3.05, 3.63) is 29.6 Å². The Bertz CT molecular complexity index is 479. The van der Waals surface area contributed by atoms with Crippen LogP contribution in [-0.2, 0) is 0 Å². The summed E-state index contributed by atoms with van der Waals surface area (Å²) in [4.78, 5) is 14.1. The lowest BCUT2D eigenvalue weighted by atomic mass is 9.92. The third kappa shape index (κ3) is 2.87. The zero-order chi connectivity index (χ0) is 14.0. The van der Waals surface area contributed by atoms with Crippen LogP contribution in [0.5, 0.6) is 5.75 Å². The molecule has 4 nitrogen and oxygen atoms in total. The van der Waals surface area contributed by atoms with Crippen molar-refractivity contribution in [1.82, 2.24) is 4.90 Å². The van der Waals surface area contributed by atoms with E-state index >= 15 is 0 Å². The van der Waals surface area contributed by atoms with Crippen LogP contribution in [0.2, 0.25) is 0 Å². The van der Waals surface area contributed by atoms with Gasteiger partial charge in [0.2, 0.25) is 0 Å². The van der Waals surface area contributed by atoms with E-state index < -0.39 is 5.82 Å². The molecule has 1 fully saturated rings. The maximum absolute atomic E-state index is 12.9. The standard InChI is InChI=1S/C14H19FN2O2/c1-9-4-5-17(11(6-9)8-16)14(19)12-3-2-10(15)7-13(12)18/h2-3,7,9,11,18H,4-6,8,16H2,1H3. The number of rotatable bonds is 2. The minimum atomic E-state index is -0.559. The van der Waals surface area contributed by atoms with Crippen molar-refractivity contribution in [2.75, 3.05) is 13.1 Å². The van der Waals surface area contributed by atoms with Crippen molar-refractivity contribution in [2.45, 2.75) is 25.8 Å². The van der Waals surface area contributed by atoms with E-state index in [0.29, 0.717) is 19.0 Å². The molecule has 104 valence electrons. The highest BCUT2D eigenvalue weighted by Crippen LogP contribution is 2.26. The number of phenols is 1. The molecule has 1 amide bonds. The molecule has 1 saturated heterocycles. The largest absolute Gasteiger partial charge is 0.507 e. The van der Waals surface area contributed by atoms with Crippen molar-refractivity contribution in [3.63, 3.8) is 0 Å². The molecule has 0 aliphatic carbocycles. The third-order valence-corrected chi connectivity index (χ3v) is 3.70. The summed E-state index contributed by atoms with van der Waals surface area (Å²) in [5.41, 5.74) is 5.85. The Labute approximate surface area is 112 Å². The first kappa shape index (κ1) is 13.8. The highest BCUT2D eigenvalue weighted by Gasteiger charge is 2.30. The van der Waals surface area contributed by atoms with Gasteiger partial charge in [0.15, 0.2) is 0 Å². The number of carbonyl (C=O) groups excluding carboxylic acids is 1. The number of nitrogens with two attached hydrogens (primary N) is 1. The van der Waals surface area contributed by atoms with E-state index in [1.165, 1.54) is 12.1 Å². The molecule has 0 spiro atoms. The number of nitrogens with zero attached hydrogens (tertiary/aromatic N) is 1. The predicted octanol–water partition coefficient (Wildman–Crippen LogP) is 1.73. The van der Waals surface area contributed by atoms with Gasteiger partial charge in [-0.3, -0.25) is 4.79 Å². The smallest absolute Gasteiger partial charge is 0.257 e. The lowest BCUT2D eigenvalue weighted by molar-refractivity contribution is 0.0570. The first-order valence-electron chi connectivity index (χ1n) is 6.52. The van der Waals surface area contributed by atoms with Gasteiger partial charge >= 0.3 is 0 Å². The summed E-state index contributed by atoms with van der Waals surface area (Å²) in [6, 6.07) is 3.44. The van der Waals surface area contributed by atoms with Crippen LogP contribution in [0.1, 0.15) is 30.1 Å². The maximum Gasteiger partial charge on any atom is 0.257 e. The molecule has 2 atom stereocenters. The summed E-state index contributed by atoms with van der Waals surface area (Å²) < 4.78 is 12.9. The van der Waals surface area contributed by atoms with Gasteiger partial charge in [0.25, 0.3) is 5.91 Å². The molecule has 3 N–H and O–H groups in total. The average molecular weight is 266 g/mol. The first-order valence-corrected chi connectivity index (χ1v) is 6.52. The van der Waals surface area contributed by atoms with E-state index in [1.807, 2.05) is 0 Å². The second-order valence-corrected chi connectivity index (χ2v) is 5.18. The van der Waals surface area contributed by atoms with E-state index in [9.17, 15) is 14.3 Å². The Hall–Kier alpha value is -1.62. The molecule has 2 rings (SSSR count). The molecule has 19 heavy (non-hydrogen) atoms. The van der Waals surface area contributed by atoms with E-state index in [4.69, 9.17) is 5.73 Å². The molecule has 1 heterocycles. The molecular weight excluding hydrogens is 247 g/mol. The van der Waals surface area contributed by atoms with E-state index in [2.05, 4.69) is 6.92 Å². The summed E-state index contributed by atoms with van der Waals surface area (Å²) in [5, 5.41) is 9.68. The number of benzene rings is 1. The molecule has 0 aromatic heterocycles. The third-order valence-electron chi connectivity index (χ3n) is 3.70. The van der Waals surface area contributed by atoms with Crippen molar-refractivity contribution >= 4 is 5.91 Å². The number of halogens is 1. The molecular formula is C14H19FN2O2. The van der Waals surface area contributed by atoms with Gasteiger partial charge in [0, 0.05) is 25.2 Å². The van der Waals surface area contributed by atoms with Crippen molar-refractivity contribution < 1.29 is 14.3 Å². The van der Waals surface area contributed by atoms with Crippen LogP contribution in [0.4, 0.5) is 4.39 Å². The van der Waals surface area contributed by atoms with Gasteiger partial charge in [-0.1, -0.05) is 6.92 Å². The second-order valence-electron chi connectivity index (χ2n) is 5.18. The number of piperidine rings is 1. The summed E-state index contributed by atoms with van der Waals surface area (Å²) in [6.45, 7) is 3.16. The van der Waals surface area contributed by atoms with Crippen LogP contribution in [-0.4, -0.2) is 35.0 Å². The zero-order valence-corrected chi connectivity index (χ0v) is 11.0. The number of hydrogen-bond donors (Lipinski definition) is 2. The molecule has 5 heteroatoms. The highest BCUT2D eigenvalue weighted by molar-refractivity contribution is 5.97. The lowest BCUT2D eigenvalue weighted by Crippen LogP contribution is -2.49. The topological polar surface area (TPSA) is 66.6 Å². The van der Waals surface area contributed by atoms with Crippen molar-refractivity contribution in [3.8, 4) is 5.75 Å². The first-order chi connectivity index (χ1) is 9.02. The fraction of sp³-hybridized carbons (Fsp3) is 0.500. The quantitative estimate of drug-likeness (QED) is 0.856. The number of aromatic hydroxyl groups is 1. The van der Waals surface area contributed by atoms with Crippen LogP contribution in [0, 0.1) is 11.7 Å². The Morgan fingerprint density at radius 3 is 2.95 bits per heavy atom. The van der Waals surface area contributed by atoms with Gasteiger partial charge in [-0.25, -0.2) is 4.39 Å². The molecule has 1 aromatic rings. The number of amides is 1. The Morgan fingerprint density at radius 2 is 2.32 bits per heavy atom. The van der Waals surface area contributed by atoms with Crippen molar-refractivity contribution in [1.29, 1.82) is 0 Å². The van der Waals surface area contributed by atoms with Crippen LogP contribution >= 0.6 is 0 Å². The molecule has 1 aliphatic rings. The van der Waals surface area contributed by atoms with E-state index in [1.54, 1.807) is 4.90 Å². The lowest BCUT2D eigenvalue weighted by Gasteiger charge is -2.38. The van der Waals surface area contributed by atoms with Gasteiger partial charge in [0.05, 0.1) is 5.56 Å². The Kier molecular flexibility index (Phi) is 4.04. The van der Waals surface area contributed by atoms with E-state index in [-0.39, 0.29) is 23.3 Å². The van der Waals surface area contributed by atoms with Gasteiger partial charge < -0.3 is 15.7 Å². The highest BCUT2D eigenvalue weighted by atomic mass is 19.1. The number of hydrogen-bond acceptors (Lipinski definition) is 3. The molecule has 0 saturated carbocycles. The number of likely N-dealkylation sites (tertiary alicyclic amines) is 1. The number of phenolic OH excluding ortho intramolecular Hbond substituents is 1. The summed E-state index contributed by atoms with van der Waals surface area (Å²) in [5.74, 6) is -0.615. The normalized spacial score (nSPS) is 23.4. The second kappa shape index (κ2) is 5.57. The van der Waals surface area contributed by atoms with Crippen LogP contribution < -0.4 is 5.73 Å². The fourth-order valence-corrected chi connectivity index (χ4v) is 2.58. The molecule has 2 unspecified atom stereocenters. The van der Waals surface area contributed by atoms with Crippen molar-refractivity contribution in [2.24, 2.45) is 11.7 Å².